The molecule has 0 bridgehead atoms. The molecule has 34 heavy (non-hydrogen) atoms. The fourth-order valence-electron chi connectivity index (χ4n) is 3.80. The van der Waals surface area contributed by atoms with Crippen LogP contribution in [0.4, 0.5) is 0 Å². The molecule has 0 saturated heterocycles. The van der Waals surface area contributed by atoms with E-state index in [0.29, 0.717) is 28.3 Å². The standard InChI is InChI=1S/C24H32N3O6P/c1-14(2)32-24(29)16(4)27-34(30)33-23-19-8-6-5-7-17(19)9-10-21(23)31-13-18-12-26-15(3)22(28)20(18)11-25/h9-10,12,14,16,28H,5-8,11,13,25H2,1-4H3/t16-/m0/s1. The van der Waals surface area contributed by atoms with Crippen LogP contribution in [0.5, 0.6) is 17.2 Å². The Labute approximate surface area is 200 Å². The number of aromatic hydroxyl groups is 1. The zero-order chi connectivity index (χ0) is 24.8. The van der Waals surface area contributed by atoms with Crippen molar-refractivity contribution in [1.29, 1.82) is 0 Å². The Balaban J connectivity index is 1.87. The topological polar surface area (TPSA) is 139 Å². The molecular formula is C24H32N3O6P. The Kier molecular flexibility index (Phi) is 8.83. The number of carbonyl (C=O) groups excluding carboxylic acids is 1. The quantitative estimate of drug-likeness (QED) is 0.402. The highest BCUT2D eigenvalue weighted by molar-refractivity contribution is 7.34. The van der Waals surface area contributed by atoms with E-state index in [-0.39, 0.29) is 25.0 Å². The summed E-state index contributed by atoms with van der Waals surface area (Å²) in [6.45, 7) is 6.92. The number of pyridine rings is 1. The van der Waals surface area contributed by atoms with Crippen LogP contribution in [0.3, 0.4) is 0 Å². The van der Waals surface area contributed by atoms with Gasteiger partial charge in [-0.3, -0.25) is 9.51 Å². The number of carbonyl (C=O) groups is 1. The number of nitrogens with two attached hydrogens (primary N) is 1. The van der Waals surface area contributed by atoms with Crippen LogP contribution in [-0.2, 0) is 35.5 Å². The Bertz CT molecular complexity index is 1070. The highest BCUT2D eigenvalue weighted by Crippen LogP contribution is 2.42. The van der Waals surface area contributed by atoms with Gasteiger partial charge in [-0.1, -0.05) is 10.8 Å². The van der Waals surface area contributed by atoms with Crippen LogP contribution >= 0.6 is 8.17 Å². The molecule has 1 aliphatic carbocycles. The largest absolute Gasteiger partial charge is 0.575 e. The number of esters is 1. The summed E-state index contributed by atoms with van der Waals surface area (Å²) < 4.78 is 20.9. The van der Waals surface area contributed by atoms with Crippen LogP contribution in [0.15, 0.2) is 23.1 Å². The number of fused-ring (bicyclic) bond motifs is 1. The van der Waals surface area contributed by atoms with Crippen LogP contribution in [-0.4, -0.2) is 28.2 Å². The summed E-state index contributed by atoms with van der Waals surface area (Å²) in [6.07, 6.45) is 5.02. The summed E-state index contributed by atoms with van der Waals surface area (Å²) in [5, 5.41) is 10.3. The van der Waals surface area contributed by atoms with Gasteiger partial charge in [0.05, 0.1) is 11.8 Å². The average Bonchev–Trinajstić information content (AvgIpc) is 2.80. The van der Waals surface area contributed by atoms with Gasteiger partial charge in [-0.15, -0.1) is 0 Å². The summed E-state index contributed by atoms with van der Waals surface area (Å²) in [4.78, 5) is 29.0. The van der Waals surface area contributed by atoms with E-state index in [0.717, 1.165) is 36.8 Å². The van der Waals surface area contributed by atoms with Crippen molar-refractivity contribution < 1.29 is 28.8 Å². The third-order valence-corrected chi connectivity index (χ3v) is 6.47. The Morgan fingerprint density at radius 2 is 2.03 bits per heavy atom. The van der Waals surface area contributed by atoms with Gasteiger partial charge >= 0.3 is 14.1 Å². The lowest BCUT2D eigenvalue weighted by molar-refractivity contribution is -0.170. The second-order valence-corrected chi connectivity index (χ2v) is 9.42. The van der Waals surface area contributed by atoms with Crippen molar-refractivity contribution in [3.8, 4) is 17.2 Å². The minimum absolute atomic E-state index is 0.0506. The Hall–Kier alpha value is -2.74. The van der Waals surface area contributed by atoms with Gasteiger partial charge in [0.25, 0.3) is 0 Å². The number of aromatic nitrogens is 1. The fraction of sp³-hybridized carbons (Fsp3) is 0.500. The molecule has 0 aliphatic heterocycles. The number of aryl methyl sites for hydroxylation is 2. The minimum atomic E-state index is -2.55. The van der Waals surface area contributed by atoms with Crippen molar-refractivity contribution >= 4 is 14.1 Å². The predicted molar refractivity (Wildman–Crippen MR) is 127 cm³/mol. The first kappa shape index (κ1) is 25.9. The number of hydrogen-bond acceptors (Lipinski definition) is 9. The molecule has 0 radical (unpaired) electrons. The van der Waals surface area contributed by atoms with Crippen LogP contribution in [0.1, 0.15) is 61.6 Å². The lowest BCUT2D eigenvalue weighted by Crippen LogP contribution is -2.21. The smallest absolute Gasteiger partial charge is 0.395 e. The third-order valence-electron chi connectivity index (χ3n) is 5.59. The van der Waals surface area contributed by atoms with Crippen molar-refractivity contribution in [3.05, 3.63) is 46.3 Å². The number of benzene rings is 1. The summed E-state index contributed by atoms with van der Waals surface area (Å²) >= 11 is 0. The van der Waals surface area contributed by atoms with Gasteiger partial charge in [-0.05, 0) is 65.0 Å². The molecule has 1 unspecified atom stereocenters. The summed E-state index contributed by atoms with van der Waals surface area (Å²) in [5.41, 5.74) is 9.57. The molecule has 0 amide bonds. The normalized spacial score (nSPS) is 14.5. The van der Waals surface area contributed by atoms with Gasteiger partial charge < -0.3 is 25.2 Å². The molecule has 184 valence electrons. The predicted octanol–water partition coefficient (Wildman–Crippen LogP) is 3.59. The molecule has 0 spiro atoms. The molecular weight excluding hydrogens is 457 g/mol. The molecule has 10 heteroatoms. The van der Waals surface area contributed by atoms with E-state index in [9.17, 15) is 14.8 Å². The van der Waals surface area contributed by atoms with E-state index in [2.05, 4.69) is 9.73 Å². The molecule has 1 heterocycles. The lowest BCUT2D eigenvalue weighted by atomic mass is 9.91. The van der Waals surface area contributed by atoms with E-state index in [1.165, 1.54) is 6.92 Å². The van der Waals surface area contributed by atoms with E-state index in [4.69, 9.17) is 19.7 Å². The monoisotopic (exact) mass is 489 g/mol. The zero-order valence-electron chi connectivity index (χ0n) is 20.0. The SMILES string of the molecule is Cc1ncc(COc2ccc3c(c2O[P+]([O-])=N[C@@H](C)C(=O)OC(C)C)CCCC3)c(CN)c1O. The van der Waals surface area contributed by atoms with Crippen molar-refractivity contribution in [1.82, 2.24) is 4.98 Å². The van der Waals surface area contributed by atoms with E-state index < -0.39 is 20.2 Å². The molecule has 0 fully saturated rings. The Morgan fingerprint density at radius 1 is 1.29 bits per heavy atom. The van der Waals surface area contributed by atoms with Crippen molar-refractivity contribution in [2.24, 2.45) is 10.5 Å². The third kappa shape index (κ3) is 6.23. The first-order valence-electron chi connectivity index (χ1n) is 11.4. The zero-order valence-corrected chi connectivity index (χ0v) is 20.9. The van der Waals surface area contributed by atoms with Gasteiger partial charge in [-0.25, -0.2) is 4.79 Å². The molecule has 1 aromatic carbocycles. The Morgan fingerprint density at radius 3 is 2.74 bits per heavy atom. The molecule has 3 rings (SSSR count). The molecule has 1 aromatic heterocycles. The molecule has 0 saturated carbocycles. The molecule has 3 N–H and O–H groups in total. The highest BCUT2D eigenvalue weighted by Gasteiger charge is 2.25. The molecule has 9 nitrogen and oxygen atoms in total. The maximum absolute atomic E-state index is 12.7. The van der Waals surface area contributed by atoms with Crippen molar-refractivity contribution in [2.75, 3.05) is 0 Å². The molecule has 1 aliphatic rings. The van der Waals surface area contributed by atoms with Gasteiger partial charge in [0.1, 0.15) is 12.4 Å². The summed E-state index contributed by atoms with van der Waals surface area (Å²) in [7, 11) is -2.55. The number of rotatable bonds is 9. The minimum Gasteiger partial charge on any atom is -0.575 e. The van der Waals surface area contributed by atoms with Gasteiger partial charge in [0.2, 0.25) is 5.75 Å². The number of hydrogen-bond donors (Lipinski definition) is 2. The summed E-state index contributed by atoms with van der Waals surface area (Å²) in [6, 6.07) is 2.84. The maximum Gasteiger partial charge on any atom is 0.395 e. The number of nitrogens with zero attached hydrogens (tertiary/aromatic N) is 2. The van der Waals surface area contributed by atoms with Gasteiger partial charge in [0, 0.05) is 29.4 Å². The lowest BCUT2D eigenvalue weighted by Gasteiger charge is -2.20. The van der Waals surface area contributed by atoms with E-state index >= 15 is 0 Å². The van der Waals surface area contributed by atoms with Gasteiger partial charge in [-0.2, -0.15) is 0 Å². The van der Waals surface area contributed by atoms with Crippen LogP contribution < -0.4 is 19.9 Å². The molecule has 2 atom stereocenters. The average molecular weight is 490 g/mol. The van der Waals surface area contributed by atoms with Crippen LogP contribution in [0, 0.1) is 6.92 Å². The van der Waals surface area contributed by atoms with E-state index in [1.54, 1.807) is 33.0 Å². The van der Waals surface area contributed by atoms with Crippen molar-refractivity contribution in [3.63, 3.8) is 0 Å². The van der Waals surface area contributed by atoms with E-state index in [1.807, 2.05) is 6.07 Å². The second kappa shape index (κ2) is 11.6. The van der Waals surface area contributed by atoms with Crippen molar-refractivity contribution in [2.45, 2.75) is 78.7 Å². The second-order valence-electron chi connectivity index (χ2n) is 8.53. The fourth-order valence-corrected chi connectivity index (χ4v) is 4.58. The maximum atomic E-state index is 12.7. The van der Waals surface area contributed by atoms with Crippen LogP contribution in [0.2, 0.25) is 0 Å². The number of ether oxygens (including phenoxy) is 2. The highest BCUT2D eigenvalue weighted by atomic mass is 31.1. The van der Waals surface area contributed by atoms with Gasteiger partial charge in [0.15, 0.2) is 11.8 Å². The first-order valence-corrected chi connectivity index (χ1v) is 12.5. The van der Waals surface area contributed by atoms with Crippen LogP contribution in [0.25, 0.3) is 0 Å². The first-order chi connectivity index (χ1) is 16.2. The molecule has 2 aromatic rings. The summed E-state index contributed by atoms with van der Waals surface area (Å²) in [5.74, 6) is 0.258.